The number of alkyl halides is 1. The molecule has 1 unspecified atom stereocenters. The zero-order valence-electron chi connectivity index (χ0n) is 18.3. The van der Waals surface area contributed by atoms with Crippen molar-refractivity contribution in [2.75, 3.05) is 32.6 Å². The van der Waals surface area contributed by atoms with Crippen LogP contribution >= 0.6 is 11.6 Å². The molecule has 0 amide bonds. The molecule has 1 aromatic rings. The van der Waals surface area contributed by atoms with E-state index in [1.165, 1.54) is 81.2 Å². The van der Waals surface area contributed by atoms with Gasteiger partial charge in [0.1, 0.15) is 10.1 Å². The Balaban J connectivity index is 0.000000567. The van der Waals surface area contributed by atoms with Gasteiger partial charge in [-0.05, 0) is 44.7 Å². The first kappa shape index (κ1) is 27.4. The standard InChI is InChI=1S/C15H33ClN.C7H8O3S/c1-4-6-8-10-14-17(3,15-11-12-16)13-9-7-5-2;1-6-2-4-7(5-3-6)11(8,9)10/h4-15H2,1-3H3;2-5H,1H3,(H,8,9,10)/q+1;/p-1. The average molecular weight is 434 g/mol. The molecule has 0 heterocycles. The molecule has 164 valence electrons. The van der Waals surface area contributed by atoms with Gasteiger partial charge in [0.25, 0.3) is 0 Å². The van der Waals surface area contributed by atoms with E-state index >= 15 is 0 Å². The molecule has 1 atom stereocenters. The number of unbranched alkanes of at least 4 members (excludes halogenated alkanes) is 5. The zero-order chi connectivity index (χ0) is 21.5. The van der Waals surface area contributed by atoms with Crippen LogP contribution in [-0.2, 0) is 10.1 Å². The lowest BCUT2D eigenvalue weighted by Gasteiger charge is -2.35. The maximum Gasteiger partial charge on any atom is 0.124 e. The van der Waals surface area contributed by atoms with Crippen molar-refractivity contribution >= 4 is 21.7 Å². The maximum absolute atomic E-state index is 10.4. The van der Waals surface area contributed by atoms with E-state index in [1.807, 2.05) is 6.92 Å². The summed E-state index contributed by atoms with van der Waals surface area (Å²) < 4.78 is 32.4. The predicted octanol–water partition coefficient (Wildman–Crippen LogP) is 5.73. The third-order valence-electron chi connectivity index (χ3n) is 4.99. The van der Waals surface area contributed by atoms with Crippen LogP contribution in [0.3, 0.4) is 0 Å². The minimum Gasteiger partial charge on any atom is -0.744 e. The second-order valence-corrected chi connectivity index (χ2v) is 9.63. The molecule has 0 bridgehead atoms. The van der Waals surface area contributed by atoms with Gasteiger partial charge in [-0.3, -0.25) is 0 Å². The molecule has 0 saturated carbocycles. The van der Waals surface area contributed by atoms with Gasteiger partial charge in [-0.25, -0.2) is 8.42 Å². The number of aryl methyl sites for hydroxylation is 1. The van der Waals surface area contributed by atoms with E-state index in [4.69, 9.17) is 11.6 Å². The van der Waals surface area contributed by atoms with Crippen molar-refractivity contribution in [3.63, 3.8) is 0 Å². The summed E-state index contributed by atoms with van der Waals surface area (Å²) in [6.45, 7) is 10.3. The van der Waals surface area contributed by atoms with E-state index in [1.54, 1.807) is 12.1 Å². The second-order valence-electron chi connectivity index (χ2n) is 7.87. The lowest BCUT2D eigenvalue weighted by molar-refractivity contribution is -0.910. The average Bonchev–Trinajstić information content (AvgIpc) is 2.64. The summed E-state index contributed by atoms with van der Waals surface area (Å²) in [6.07, 6.45) is 10.8. The van der Waals surface area contributed by atoms with E-state index in [0.717, 1.165) is 17.9 Å². The molecule has 28 heavy (non-hydrogen) atoms. The monoisotopic (exact) mass is 433 g/mol. The maximum atomic E-state index is 10.4. The lowest BCUT2D eigenvalue weighted by atomic mass is 10.1. The molecule has 0 fully saturated rings. The number of halogens is 1. The third kappa shape index (κ3) is 13.5. The number of hydrogen-bond donors (Lipinski definition) is 0. The number of rotatable bonds is 13. The Morgan fingerprint density at radius 1 is 0.857 bits per heavy atom. The van der Waals surface area contributed by atoms with Gasteiger partial charge in [-0.2, -0.15) is 0 Å². The molecule has 0 spiro atoms. The highest BCUT2D eigenvalue weighted by Crippen LogP contribution is 2.12. The molecule has 0 radical (unpaired) electrons. The summed E-state index contributed by atoms with van der Waals surface area (Å²) in [7, 11) is -1.84. The fourth-order valence-electron chi connectivity index (χ4n) is 3.15. The van der Waals surface area contributed by atoms with E-state index in [0.29, 0.717) is 0 Å². The fourth-order valence-corrected chi connectivity index (χ4v) is 3.73. The summed E-state index contributed by atoms with van der Waals surface area (Å²) in [4.78, 5) is -0.178. The first-order chi connectivity index (χ1) is 13.2. The first-order valence-electron chi connectivity index (χ1n) is 10.6. The van der Waals surface area contributed by atoms with Crippen molar-refractivity contribution in [2.24, 2.45) is 0 Å². The molecule has 0 saturated heterocycles. The van der Waals surface area contributed by atoms with Crippen LogP contribution in [0.25, 0.3) is 0 Å². The smallest absolute Gasteiger partial charge is 0.124 e. The highest BCUT2D eigenvalue weighted by molar-refractivity contribution is 7.85. The minimum absolute atomic E-state index is 0.178. The number of hydrogen-bond acceptors (Lipinski definition) is 3. The molecule has 1 rings (SSSR count). The summed E-state index contributed by atoms with van der Waals surface area (Å²) >= 11 is 5.84. The Morgan fingerprint density at radius 3 is 1.79 bits per heavy atom. The van der Waals surface area contributed by atoms with Crippen molar-refractivity contribution in [2.45, 2.75) is 77.0 Å². The Morgan fingerprint density at radius 2 is 1.32 bits per heavy atom. The number of quaternary nitrogens is 1. The van der Waals surface area contributed by atoms with Crippen LogP contribution in [0, 0.1) is 6.92 Å². The van der Waals surface area contributed by atoms with E-state index in [-0.39, 0.29) is 4.90 Å². The van der Waals surface area contributed by atoms with Gasteiger partial charge in [0.05, 0.1) is 31.6 Å². The van der Waals surface area contributed by atoms with E-state index < -0.39 is 10.1 Å². The van der Waals surface area contributed by atoms with Crippen molar-refractivity contribution < 1.29 is 17.5 Å². The van der Waals surface area contributed by atoms with Gasteiger partial charge < -0.3 is 9.04 Å². The van der Waals surface area contributed by atoms with E-state index in [9.17, 15) is 13.0 Å². The van der Waals surface area contributed by atoms with Gasteiger partial charge >= 0.3 is 0 Å². The molecule has 0 aromatic heterocycles. The largest absolute Gasteiger partial charge is 0.744 e. The van der Waals surface area contributed by atoms with Crippen molar-refractivity contribution in [1.29, 1.82) is 0 Å². The minimum atomic E-state index is -4.27. The quantitative estimate of drug-likeness (QED) is 0.173. The van der Waals surface area contributed by atoms with Crippen LogP contribution in [0.1, 0.15) is 70.8 Å². The van der Waals surface area contributed by atoms with Crippen LogP contribution in [-0.4, -0.2) is 50.0 Å². The molecular weight excluding hydrogens is 394 g/mol. The van der Waals surface area contributed by atoms with Crippen LogP contribution < -0.4 is 0 Å². The van der Waals surface area contributed by atoms with Crippen LogP contribution in [0.15, 0.2) is 29.2 Å². The number of benzene rings is 1. The number of nitrogens with zero attached hydrogens (tertiary/aromatic N) is 1. The first-order valence-corrected chi connectivity index (χ1v) is 12.5. The molecule has 4 nitrogen and oxygen atoms in total. The molecule has 1 aromatic carbocycles. The Bertz CT molecular complexity index is 605. The van der Waals surface area contributed by atoms with Crippen molar-refractivity contribution in [1.82, 2.24) is 0 Å². The van der Waals surface area contributed by atoms with E-state index in [2.05, 4.69) is 20.9 Å². The summed E-state index contributed by atoms with van der Waals surface area (Å²) in [5.41, 5.74) is 0.928. The lowest BCUT2D eigenvalue weighted by Crippen LogP contribution is -2.46. The van der Waals surface area contributed by atoms with Gasteiger partial charge in [-0.1, -0.05) is 50.8 Å². The Kier molecular flexibility index (Phi) is 14.9. The second kappa shape index (κ2) is 15.3. The normalized spacial score (nSPS) is 13.5. The molecular formula is C22H40ClNO3S. The summed E-state index contributed by atoms with van der Waals surface area (Å²) in [5.74, 6) is 0.816. The van der Waals surface area contributed by atoms with Crippen molar-refractivity contribution in [3.8, 4) is 0 Å². The topological polar surface area (TPSA) is 57.2 Å². The van der Waals surface area contributed by atoms with Gasteiger partial charge in [0, 0.05) is 12.3 Å². The van der Waals surface area contributed by atoms with Gasteiger partial charge in [0.2, 0.25) is 0 Å². The van der Waals surface area contributed by atoms with Crippen LogP contribution in [0.4, 0.5) is 0 Å². The molecule has 0 aliphatic carbocycles. The molecule has 0 aliphatic heterocycles. The van der Waals surface area contributed by atoms with Crippen LogP contribution in [0.5, 0.6) is 0 Å². The molecule has 0 aliphatic rings. The predicted molar refractivity (Wildman–Crippen MR) is 119 cm³/mol. The highest BCUT2D eigenvalue weighted by atomic mass is 35.5. The zero-order valence-corrected chi connectivity index (χ0v) is 19.8. The summed E-state index contributed by atoms with van der Waals surface area (Å²) in [5, 5.41) is 0. The Hall–Kier alpha value is -0.620. The third-order valence-corrected chi connectivity index (χ3v) is 6.11. The fraction of sp³-hybridized carbons (Fsp3) is 0.727. The van der Waals surface area contributed by atoms with Gasteiger partial charge in [-0.15, -0.1) is 11.6 Å². The molecule has 0 N–H and O–H groups in total. The van der Waals surface area contributed by atoms with Crippen molar-refractivity contribution in [3.05, 3.63) is 29.8 Å². The SMILES string of the molecule is CCCCCC[N+](C)(CCCCl)CCCCC.Cc1ccc(S(=O)(=O)[O-])cc1. The summed E-state index contributed by atoms with van der Waals surface area (Å²) in [6, 6.07) is 5.78. The molecule has 6 heteroatoms. The van der Waals surface area contributed by atoms with Crippen LogP contribution in [0.2, 0.25) is 0 Å². The Labute approximate surface area is 178 Å². The highest BCUT2D eigenvalue weighted by Gasteiger charge is 2.19. The van der Waals surface area contributed by atoms with Gasteiger partial charge in [0.15, 0.2) is 0 Å².